The summed E-state index contributed by atoms with van der Waals surface area (Å²) in [4.78, 5) is 27.4. The van der Waals surface area contributed by atoms with Crippen LogP contribution in [0.5, 0.6) is 5.75 Å². The number of ether oxygens (including phenoxy) is 1. The molecule has 1 saturated heterocycles. The number of nitrogens with one attached hydrogen (secondary N) is 1. The lowest BCUT2D eigenvalue weighted by Crippen LogP contribution is -2.46. The number of carbonyl (C=O) groups excluding carboxylic acids is 2. The first-order valence-electron chi connectivity index (χ1n) is 10.5. The number of para-hydroxylation sites is 1. The summed E-state index contributed by atoms with van der Waals surface area (Å²) in [5.41, 5.74) is 3.45. The van der Waals surface area contributed by atoms with Gasteiger partial charge in [0.15, 0.2) is 0 Å². The third kappa shape index (κ3) is 4.77. The monoisotopic (exact) mass is 414 g/mol. The van der Waals surface area contributed by atoms with Gasteiger partial charge in [0.2, 0.25) is 0 Å². The molecule has 0 bridgehead atoms. The fraction of sp³-hybridized carbons (Fsp3) is 0.231. The molecule has 158 valence electrons. The Morgan fingerprint density at radius 2 is 1.45 bits per heavy atom. The van der Waals surface area contributed by atoms with E-state index in [1.807, 2.05) is 59.5 Å². The number of piperidine rings is 1. The Hall–Kier alpha value is -3.60. The van der Waals surface area contributed by atoms with E-state index in [4.69, 9.17) is 4.74 Å². The number of methoxy groups -OCH3 is 1. The predicted molar refractivity (Wildman–Crippen MR) is 121 cm³/mol. The fourth-order valence-electron chi connectivity index (χ4n) is 3.94. The zero-order chi connectivity index (χ0) is 21.6. The van der Waals surface area contributed by atoms with E-state index >= 15 is 0 Å². The maximum atomic E-state index is 12.9. The maximum Gasteiger partial charge on any atom is 0.255 e. The number of benzene rings is 3. The average Bonchev–Trinajstić information content (AvgIpc) is 2.84. The molecule has 0 spiro atoms. The minimum absolute atomic E-state index is 0.0362. The van der Waals surface area contributed by atoms with Crippen LogP contribution < -0.4 is 10.1 Å². The molecule has 0 radical (unpaired) electrons. The van der Waals surface area contributed by atoms with Crippen LogP contribution in [-0.4, -0.2) is 43.0 Å². The summed E-state index contributed by atoms with van der Waals surface area (Å²) in [6, 6.07) is 25.1. The molecule has 0 aromatic heterocycles. The van der Waals surface area contributed by atoms with Crippen LogP contribution >= 0.6 is 0 Å². The molecule has 3 aromatic rings. The lowest BCUT2D eigenvalue weighted by Gasteiger charge is -2.32. The smallest absolute Gasteiger partial charge is 0.255 e. The van der Waals surface area contributed by atoms with Crippen LogP contribution in [0.25, 0.3) is 11.1 Å². The van der Waals surface area contributed by atoms with Crippen molar-refractivity contribution >= 4 is 11.8 Å². The summed E-state index contributed by atoms with van der Waals surface area (Å²) in [7, 11) is 1.56. The molecule has 1 fully saturated rings. The van der Waals surface area contributed by atoms with Crippen molar-refractivity contribution in [2.45, 2.75) is 18.9 Å². The molecular formula is C26H26N2O3. The molecule has 0 aliphatic carbocycles. The van der Waals surface area contributed by atoms with E-state index in [2.05, 4.69) is 17.4 Å². The van der Waals surface area contributed by atoms with Gasteiger partial charge in [0, 0.05) is 24.7 Å². The van der Waals surface area contributed by atoms with Crippen molar-refractivity contribution in [2.24, 2.45) is 0 Å². The molecule has 3 aromatic carbocycles. The summed E-state index contributed by atoms with van der Waals surface area (Å²) in [5.74, 6) is 0.458. The minimum Gasteiger partial charge on any atom is -0.496 e. The predicted octanol–water partition coefficient (Wildman–Crippen LogP) is 4.40. The topological polar surface area (TPSA) is 58.6 Å². The van der Waals surface area contributed by atoms with E-state index in [0.29, 0.717) is 30.0 Å². The van der Waals surface area contributed by atoms with Crippen molar-refractivity contribution in [1.82, 2.24) is 10.2 Å². The third-order valence-electron chi connectivity index (χ3n) is 5.71. The molecular weight excluding hydrogens is 388 g/mol. The van der Waals surface area contributed by atoms with Crippen LogP contribution in [-0.2, 0) is 0 Å². The molecule has 1 N–H and O–H groups in total. The van der Waals surface area contributed by atoms with Crippen LogP contribution in [0.4, 0.5) is 0 Å². The quantitative estimate of drug-likeness (QED) is 0.673. The molecule has 0 saturated carbocycles. The summed E-state index contributed by atoms with van der Waals surface area (Å²) in [6.45, 7) is 1.24. The molecule has 31 heavy (non-hydrogen) atoms. The van der Waals surface area contributed by atoms with E-state index in [0.717, 1.165) is 24.0 Å². The lowest BCUT2D eigenvalue weighted by atomic mass is 10.0. The van der Waals surface area contributed by atoms with E-state index < -0.39 is 0 Å². The van der Waals surface area contributed by atoms with Gasteiger partial charge >= 0.3 is 0 Å². The number of likely N-dealkylation sites (tertiary alicyclic amines) is 1. The summed E-state index contributed by atoms with van der Waals surface area (Å²) < 4.78 is 5.28. The Kier molecular flexibility index (Phi) is 6.32. The van der Waals surface area contributed by atoms with E-state index in [1.165, 1.54) is 0 Å². The standard InChI is InChI=1S/C26H26N2O3/c1-31-24-10-6-5-9-23(24)25(29)27-22-15-17-28(18-16-22)26(30)21-13-11-20(12-14-21)19-7-3-2-4-8-19/h2-14,22H,15-18H2,1H3,(H,27,29). The number of hydrogen-bond acceptors (Lipinski definition) is 3. The van der Waals surface area contributed by atoms with Gasteiger partial charge in [-0.3, -0.25) is 9.59 Å². The zero-order valence-corrected chi connectivity index (χ0v) is 17.6. The molecule has 5 heteroatoms. The molecule has 1 heterocycles. The van der Waals surface area contributed by atoms with Crippen LogP contribution in [0.15, 0.2) is 78.9 Å². The number of rotatable bonds is 5. The largest absolute Gasteiger partial charge is 0.496 e. The van der Waals surface area contributed by atoms with Gasteiger partial charge in [0.25, 0.3) is 11.8 Å². The number of amides is 2. The second-order valence-electron chi connectivity index (χ2n) is 7.68. The highest BCUT2D eigenvalue weighted by Crippen LogP contribution is 2.22. The van der Waals surface area contributed by atoms with Gasteiger partial charge in [-0.1, -0.05) is 54.6 Å². The van der Waals surface area contributed by atoms with E-state index in [1.54, 1.807) is 19.2 Å². The van der Waals surface area contributed by atoms with Crippen molar-refractivity contribution in [3.05, 3.63) is 90.0 Å². The lowest BCUT2D eigenvalue weighted by molar-refractivity contribution is 0.0698. The Morgan fingerprint density at radius 3 is 2.13 bits per heavy atom. The maximum absolute atomic E-state index is 12.9. The average molecular weight is 415 g/mol. The number of nitrogens with zero attached hydrogens (tertiary/aromatic N) is 1. The molecule has 1 aliphatic rings. The first kappa shape index (κ1) is 20.7. The van der Waals surface area contributed by atoms with Gasteiger partial charge in [0.05, 0.1) is 12.7 Å². The third-order valence-corrected chi connectivity index (χ3v) is 5.71. The van der Waals surface area contributed by atoms with Crippen molar-refractivity contribution in [3.8, 4) is 16.9 Å². The van der Waals surface area contributed by atoms with Gasteiger partial charge in [-0.15, -0.1) is 0 Å². The van der Waals surface area contributed by atoms with Crippen molar-refractivity contribution in [3.63, 3.8) is 0 Å². The molecule has 0 atom stereocenters. The number of carbonyl (C=O) groups is 2. The Balaban J connectivity index is 1.33. The highest BCUT2D eigenvalue weighted by Gasteiger charge is 2.25. The van der Waals surface area contributed by atoms with Crippen molar-refractivity contribution in [2.75, 3.05) is 20.2 Å². The first-order valence-corrected chi connectivity index (χ1v) is 10.5. The minimum atomic E-state index is -0.140. The van der Waals surface area contributed by atoms with E-state index in [9.17, 15) is 9.59 Å². The molecule has 2 amide bonds. The van der Waals surface area contributed by atoms with Crippen LogP contribution in [0.1, 0.15) is 33.6 Å². The summed E-state index contributed by atoms with van der Waals surface area (Å²) in [6.07, 6.45) is 1.46. The second kappa shape index (κ2) is 9.47. The Morgan fingerprint density at radius 1 is 0.839 bits per heavy atom. The Labute approximate surface area is 182 Å². The van der Waals surface area contributed by atoms with Gasteiger partial charge < -0.3 is 15.0 Å². The first-order chi connectivity index (χ1) is 15.2. The molecule has 5 nitrogen and oxygen atoms in total. The van der Waals surface area contributed by atoms with Crippen LogP contribution in [0.2, 0.25) is 0 Å². The van der Waals surface area contributed by atoms with Gasteiger partial charge in [0.1, 0.15) is 5.75 Å². The van der Waals surface area contributed by atoms with Crippen LogP contribution in [0, 0.1) is 0 Å². The van der Waals surface area contributed by atoms with Gasteiger partial charge in [-0.2, -0.15) is 0 Å². The summed E-state index contributed by atoms with van der Waals surface area (Å²) >= 11 is 0. The zero-order valence-electron chi connectivity index (χ0n) is 17.6. The molecule has 0 unspecified atom stereocenters. The normalized spacial score (nSPS) is 14.2. The van der Waals surface area contributed by atoms with Crippen molar-refractivity contribution in [1.29, 1.82) is 0 Å². The highest BCUT2D eigenvalue weighted by molar-refractivity contribution is 5.97. The SMILES string of the molecule is COc1ccccc1C(=O)NC1CCN(C(=O)c2ccc(-c3ccccc3)cc2)CC1. The fourth-order valence-corrected chi connectivity index (χ4v) is 3.94. The van der Waals surface area contributed by atoms with Crippen molar-refractivity contribution < 1.29 is 14.3 Å². The van der Waals surface area contributed by atoms with Crippen LogP contribution in [0.3, 0.4) is 0 Å². The second-order valence-corrected chi connectivity index (χ2v) is 7.68. The number of hydrogen-bond donors (Lipinski definition) is 1. The summed E-state index contributed by atoms with van der Waals surface area (Å²) in [5, 5.41) is 3.08. The molecule has 1 aliphatic heterocycles. The Bertz CT molecular complexity index is 1040. The van der Waals surface area contributed by atoms with Gasteiger partial charge in [-0.05, 0) is 48.2 Å². The highest BCUT2D eigenvalue weighted by atomic mass is 16.5. The molecule has 4 rings (SSSR count). The van der Waals surface area contributed by atoms with E-state index in [-0.39, 0.29) is 17.9 Å². The van der Waals surface area contributed by atoms with Gasteiger partial charge in [-0.25, -0.2) is 0 Å².